The van der Waals surface area contributed by atoms with E-state index in [2.05, 4.69) is 34.3 Å². The van der Waals surface area contributed by atoms with E-state index in [0.29, 0.717) is 38.3 Å². The number of terminal acetylenes is 2. The summed E-state index contributed by atoms with van der Waals surface area (Å²) in [5.41, 5.74) is 0.907. The lowest BCUT2D eigenvalue weighted by Crippen LogP contribution is -2.56. The summed E-state index contributed by atoms with van der Waals surface area (Å²) in [5.74, 6) is 3.60. The highest BCUT2D eigenvalue weighted by Crippen LogP contribution is 2.29. The molecule has 5 atom stereocenters. The average Bonchev–Trinajstić information content (AvgIpc) is 3.07. The first-order valence-corrected chi connectivity index (χ1v) is 16.9. The number of rotatable bonds is 20. The molecule has 1 aromatic carbocycles. The third kappa shape index (κ3) is 14.0. The maximum atomic E-state index is 13.8. The van der Waals surface area contributed by atoms with Crippen molar-refractivity contribution in [2.45, 2.75) is 108 Å². The summed E-state index contributed by atoms with van der Waals surface area (Å²) in [6.45, 7) is 4.17. The van der Waals surface area contributed by atoms with Crippen molar-refractivity contribution >= 4 is 17.7 Å². The van der Waals surface area contributed by atoms with E-state index in [4.69, 9.17) is 12.8 Å². The molecule has 9 heteroatoms. The lowest BCUT2D eigenvalue weighted by atomic mass is 9.82. The molecule has 0 heterocycles. The van der Waals surface area contributed by atoms with Crippen molar-refractivity contribution in [3.8, 4) is 24.7 Å². The number of nitrogens with zero attached hydrogens (tertiary/aromatic N) is 2. The van der Waals surface area contributed by atoms with Crippen LogP contribution in [0.3, 0.4) is 0 Å². The van der Waals surface area contributed by atoms with E-state index in [0.717, 1.165) is 37.8 Å². The number of aliphatic hydroxyl groups is 2. The number of hydrogen-bond donors (Lipinski definition) is 4. The van der Waals surface area contributed by atoms with Crippen LogP contribution in [0.5, 0.6) is 0 Å². The topological polar surface area (TPSA) is 122 Å². The Morgan fingerprint density at radius 1 is 0.935 bits per heavy atom. The number of hydrogen-bond acceptors (Lipinski definition) is 6. The SMILES string of the molecule is C#CCCC(O)[C@H](O)C(CC1CCCCC1)NC(=O)[C@H](CCC#C)NC(=O)C(CC(=O)N(C)CCN(C)CC)Cc1ccccc1. The number of amides is 3. The number of nitrogens with one attached hydrogen (secondary N) is 2. The van der Waals surface area contributed by atoms with Crippen LogP contribution in [0.2, 0.25) is 0 Å². The lowest BCUT2D eigenvalue weighted by molar-refractivity contribution is -0.137. The fourth-order valence-electron chi connectivity index (χ4n) is 5.93. The van der Waals surface area contributed by atoms with Gasteiger partial charge in [0.1, 0.15) is 12.1 Å². The molecule has 0 saturated heterocycles. The first-order valence-electron chi connectivity index (χ1n) is 16.9. The van der Waals surface area contributed by atoms with Gasteiger partial charge in [0.2, 0.25) is 17.7 Å². The molecule has 3 amide bonds. The molecule has 1 aliphatic rings. The molecule has 4 N–H and O–H groups in total. The van der Waals surface area contributed by atoms with Gasteiger partial charge >= 0.3 is 0 Å². The van der Waals surface area contributed by atoms with Crippen LogP contribution in [-0.2, 0) is 20.8 Å². The Balaban J connectivity index is 2.24. The van der Waals surface area contributed by atoms with E-state index < -0.39 is 42.0 Å². The number of carbonyl (C=O) groups is 3. The molecule has 0 aromatic heterocycles. The van der Waals surface area contributed by atoms with Gasteiger partial charge in [-0.1, -0.05) is 69.4 Å². The molecule has 1 aliphatic carbocycles. The van der Waals surface area contributed by atoms with Crippen LogP contribution in [-0.4, -0.2) is 95.8 Å². The molecular formula is C37H56N4O5. The van der Waals surface area contributed by atoms with Crippen molar-refractivity contribution in [1.82, 2.24) is 20.4 Å². The molecule has 46 heavy (non-hydrogen) atoms. The minimum atomic E-state index is -1.21. The molecule has 1 saturated carbocycles. The Kier molecular flexibility index (Phi) is 18.1. The first-order chi connectivity index (χ1) is 22.1. The summed E-state index contributed by atoms with van der Waals surface area (Å²) in [6.07, 6.45) is 15.7. The zero-order valence-electron chi connectivity index (χ0n) is 28.1. The van der Waals surface area contributed by atoms with Crippen molar-refractivity contribution in [1.29, 1.82) is 0 Å². The van der Waals surface area contributed by atoms with Gasteiger partial charge in [-0.2, -0.15) is 0 Å². The van der Waals surface area contributed by atoms with E-state index in [1.54, 1.807) is 11.9 Å². The van der Waals surface area contributed by atoms with Crippen LogP contribution < -0.4 is 10.6 Å². The summed E-state index contributed by atoms with van der Waals surface area (Å²) in [6, 6.07) is 7.80. The van der Waals surface area contributed by atoms with E-state index in [-0.39, 0.29) is 31.6 Å². The van der Waals surface area contributed by atoms with Gasteiger partial charge < -0.3 is 30.6 Å². The lowest BCUT2D eigenvalue weighted by Gasteiger charge is -2.33. The Bertz CT molecular complexity index is 1140. The van der Waals surface area contributed by atoms with Gasteiger partial charge in [-0.25, -0.2) is 0 Å². The molecular weight excluding hydrogens is 580 g/mol. The van der Waals surface area contributed by atoms with Gasteiger partial charge in [-0.3, -0.25) is 14.4 Å². The highest BCUT2D eigenvalue weighted by molar-refractivity contribution is 5.91. The average molecular weight is 637 g/mol. The van der Waals surface area contributed by atoms with Crippen LogP contribution in [0.25, 0.3) is 0 Å². The second-order valence-corrected chi connectivity index (χ2v) is 12.8. The predicted molar refractivity (Wildman–Crippen MR) is 182 cm³/mol. The normalized spacial score (nSPS) is 16.7. The van der Waals surface area contributed by atoms with Crippen LogP contribution in [0.4, 0.5) is 0 Å². The Labute approximate surface area is 276 Å². The maximum Gasteiger partial charge on any atom is 0.242 e. The Hall–Kier alpha value is -3.37. The fourth-order valence-corrected chi connectivity index (χ4v) is 5.93. The molecule has 0 radical (unpaired) electrons. The molecule has 0 spiro atoms. The summed E-state index contributed by atoms with van der Waals surface area (Å²) in [4.78, 5) is 44.6. The second kappa shape index (κ2) is 21.4. The van der Waals surface area contributed by atoms with E-state index in [1.165, 1.54) is 6.42 Å². The number of likely N-dealkylation sites (N-methyl/N-ethyl adjacent to an activating group) is 2. The van der Waals surface area contributed by atoms with Gasteiger partial charge in [0.25, 0.3) is 0 Å². The number of aliphatic hydroxyl groups excluding tert-OH is 2. The third-order valence-electron chi connectivity index (χ3n) is 9.14. The van der Waals surface area contributed by atoms with Gasteiger partial charge in [0.15, 0.2) is 0 Å². The van der Waals surface area contributed by atoms with Gasteiger partial charge in [-0.15, -0.1) is 24.7 Å². The van der Waals surface area contributed by atoms with Crippen LogP contribution >= 0.6 is 0 Å². The highest BCUT2D eigenvalue weighted by Gasteiger charge is 2.34. The van der Waals surface area contributed by atoms with Crippen molar-refractivity contribution in [2.24, 2.45) is 11.8 Å². The molecule has 1 aromatic rings. The van der Waals surface area contributed by atoms with Gasteiger partial charge in [-0.05, 0) is 50.8 Å². The maximum absolute atomic E-state index is 13.8. The number of carbonyl (C=O) groups excluding carboxylic acids is 3. The first kappa shape index (κ1) is 38.8. The van der Waals surface area contributed by atoms with Crippen molar-refractivity contribution in [3.05, 3.63) is 35.9 Å². The molecule has 0 aliphatic heterocycles. The van der Waals surface area contributed by atoms with Crippen molar-refractivity contribution in [2.75, 3.05) is 33.7 Å². The van der Waals surface area contributed by atoms with E-state index in [9.17, 15) is 24.6 Å². The second-order valence-electron chi connectivity index (χ2n) is 12.8. The van der Waals surface area contributed by atoms with Crippen molar-refractivity contribution < 1.29 is 24.6 Å². The molecule has 254 valence electrons. The van der Waals surface area contributed by atoms with Crippen molar-refractivity contribution in [3.63, 3.8) is 0 Å². The smallest absolute Gasteiger partial charge is 0.242 e. The van der Waals surface area contributed by atoms with E-state index >= 15 is 0 Å². The predicted octanol–water partition coefficient (Wildman–Crippen LogP) is 3.13. The fraction of sp³-hybridized carbons (Fsp3) is 0.649. The number of benzene rings is 1. The minimum Gasteiger partial charge on any atom is -0.390 e. The Morgan fingerprint density at radius 2 is 1.59 bits per heavy atom. The highest BCUT2D eigenvalue weighted by atomic mass is 16.3. The van der Waals surface area contributed by atoms with Crippen LogP contribution in [0.1, 0.15) is 83.1 Å². The quantitative estimate of drug-likeness (QED) is 0.163. The summed E-state index contributed by atoms with van der Waals surface area (Å²) in [5, 5.41) is 27.6. The largest absolute Gasteiger partial charge is 0.390 e. The molecule has 0 bridgehead atoms. The molecule has 1 fully saturated rings. The molecule has 3 unspecified atom stereocenters. The Morgan fingerprint density at radius 3 is 2.22 bits per heavy atom. The zero-order chi connectivity index (χ0) is 33.9. The third-order valence-corrected chi connectivity index (χ3v) is 9.14. The summed E-state index contributed by atoms with van der Waals surface area (Å²) >= 11 is 0. The summed E-state index contributed by atoms with van der Waals surface area (Å²) in [7, 11) is 3.73. The minimum absolute atomic E-state index is 0.0130. The zero-order valence-corrected chi connectivity index (χ0v) is 28.1. The monoisotopic (exact) mass is 636 g/mol. The molecule has 2 rings (SSSR count). The standard InChI is InChI=1S/C37H56N4O5/c1-6-9-21-31(37(46)39-32(26-29-19-15-12-16-20-29)35(44)33(42)22-10-7-2)38-36(45)30(25-28-17-13-11-14-18-28)27-34(43)41(5)24-23-40(4)8-3/h1-2,11,13-14,17-18,29-33,35,42,44H,8-10,12,15-16,19-27H2,3-5H3,(H,38,45)(H,39,46)/t30?,31-,32?,33?,35+/m0/s1. The van der Waals surface area contributed by atoms with Gasteiger partial charge in [0.05, 0.1) is 18.1 Å². The molecule has 9 nitrogen and oxygen atoms in total. The van der Waals surface area contributed by atoms with Crippen LogP contribution in [0.15, 0.2) is 30.3 Å². The summed E-state index contributed by atoms with van der Waals surface area (Å²) < 4.78 is 0. The van der Waals surface area contributed by atoms with Gasteiger partial charge in [0, 0.05) is 39.4 Å². The van der Waals surface area contributed by atoms with Crippen LogP contribution in [0, 0.1) is 36.5 Å². The van der Waals surface area contributed by atoms with E-state index in [1.807, 2.05) is 37.4 Å².